The predicted octanol–water partition coefficient (Wildman–Crippen LogP) is 4.78. The molecule has 3 amide bonds. The molecule has 0 bridgehead atoms. The van der Waals surface area contributed by atoms with Gasteiger partial charge in [-0.2, -0.15) is 0 Å². The molecule has 2 aromatic carbocycles. The summed E-state index contributed by atoms with van der Waals surface area (Å²) in [6.07, 6.45) is 4.33. The minimum Gasteiger partial charge on any atom is -0.376 e. The summed E-state index contributed by atoms with van der Waals surface area (Å²) in [6.45, 7) is 6.11. The highest BCUT2D eigenvalue weighted by Gasteiger charge is 2.10. The zero-order valence-electron chi connectivity index (χ0n) is 19.2. The fourth-order valence-electron chi connectivity index (χ4n) is 3.00. The maximum absolute atomic E-state index is 12.4. The average Bonchev–Trinajstić information content (AvgIpc) is 2.78. The number of nitrogens with one attached hydrogen (secondary N) is 4. The summed E-state index contributed by atoms with van der Waals surface area (Å²) in [6, 6.07) is 14.2. The van der Waals surface area contributed by atoms with Crippen molar-refractivity contribution in [3.8, 4) is 0 Å². The molecule has 4 N–H and O–H groups in total. The Morgan fingerprint density at radius 1 is 0.844 bits per heavy atom. The van der Waals surface area contributed by atoms with Crippen molar-refractivity contribution in [2.24, 2.45) is 0 Å². The first kappa shape index (κ1) is 24.9. The minimum atomic E-state index is -0.238. The van der Waals surface area contributed by atoms with Crippen molar-refractivity contribution in [2.75, 3.05) is 22.5 Å². The second kappa shape index (κ2) is 13.1. The van der Waals surface area contributed by atoms with Gasteiger partial charge >= 0.3 is 0 Å². The molecule has 0 aromatic heterocycles. The van der Waals surface area contributed by atoms with Crippen LogP contribution >= 0.6 is 0 Å². The molecule has 1 unspecified atom stereocenters. The Kier molecular flexibility index (Phi) is 10.2. The number of hydrogen-bond acceptors (Lipinski definition) is 4. The van der Waals surface area contributed by atoms with Gasteiger partial charge in [0.2, 0.25) is 11.8 Å². The second-order valence-electron chi connectivity index (χ2n) is 7.85. The summed E-state index contributed by atoms with van der Waals surface area (Å²) in [7, 11) is 0. The van der Waals surface area contributed by atoms with Crippen molar-refractivity contribution >= 4 is 34.8 Å². The topological polar surface area (TPSA) is 99.3 Å². The van der Waals surface area contributed by atoms with Crippen molar-refractivity contribution in [2.45, 2.75) is 58.9 Å². The number of carbonyl (C=O) groups excluding carboxylic acids is 3. The number of anilines is 3. The molecular weight excluding hydrogens is 404 g/mol. The van der Waals surface area contributed by atoms with Crippen LogP contribution in [0.5, 0.6) is 0 Å². The molecule has 0 aliphatic rings. The number of hydrogen-bond donors (Lipinski definition) is 4. The molecule has 0 spiro atoms. The molecule has 2 aromatic rings. The van der Waals surface area contributed by atoms with Crippen molar-refractivity contribution < 1.29 is 14.4 Å². The number of unbranched alkanes of at least 4 members (excludes halogenated alkanes) is 2. The van der Waals surface area contributed by atoms with E-state index in [-0.39, 0.29) is 30.3 Å². The molecule has 7 heteroatoms. The van der Waals surface area contributed by atoms with Crippen LogP contribution in [0, 0.1) is 0 Å². The summed E-state index contributed by atoms with van der Waals surface area (Å²) < 4.78 is 0. The van der Waals surface area contributed by atoms with E-state index >= 15 is 0 Å². The van der Waals surface area contributed by atoms with Gasteiger partial charge in [0.1, 0.15) is 0 Å². The van der Waals surface area contributed by atoms with Gasteiger partial charge in [0.15, 0.2) is 0 Å². The molecule has 0 heterocycles. The zero-order valence-corrected chi connectivity index (χ0v) is 19.2. The molecule has 1 atom stereocenters. The first-order chi connectivity index (χ1) is 15.4. The van der Waals surface area contributed by atoms with E-state index in [0.29, 0.717) is 23.4 Å². The number of benzene rings is 2. The van der Waals surface area contributed by atoms with Gasteiger partial charge in [0.05, 0.1) is 6.54 Å². The largest absolute Gasteiger partial charge is 0.376 e. The van der Waals surface area contributed by atoms with Gasteiger partial charge in [-0.05, 0) is 56.2 Å². The Morgan fingerprint density at radius 3 is 2.22 bits per heavy atom. The van der Waals surface area contributed by atoms with Crippen LogP contribution in [-0.2, 0) is 9.59 Å². The molecule has 0 saturated carbocycles. The molecular formula is C25H34N4O3. The normalized spacial score (nSPS) is 11.3. The Morgan fingerprint density at radius 2 is 1.50 bits per heavy atom. The fourth-order valence-corrected chi connectivity index (χ4v) is 3.00. The van der Waals surface area contributed by atoms with Crippen molar-refractivity contribution in [1.82, 2.24) is 5.32 Å². The molecule has 0 radical (unpaired) electrons. The maximum atomic E-state index is 12.4. The van der Waals surface area contributed by atoms with E-state index < -0.39 is 0 Å². The Hall–Kier alpha value is -3.35. The molecule has 0 aliphatic carbocycles. The average molecular weight is 439 g/mol. The second-order valence-corrected chi connectivity index (χ2v) is 7.85. The van der Waals surface area contributed by atoms with Gasteiger partial charge in [0.25, 0.3) is 5.91 Å². The Bertz CT molecular complexity index is 914. The monoisotopic (exact) mass is 438 g/mol. The SMILES string of the molecule is CCCCCC(=O)Nc1cccc(NCC(=O)Nc2cccc(C(=O)NC(C)CC)c2)c1. The van der Waals surface area contributed by atoms with Crippen LogP contribution in [0.1, 0.15) is 63.2 Å². The van der Waals surface area contributed by atoms with Gasteiger partial charge in [-0.3, -0.25) is 14.4 Å². The van der Waals surface area contributed by atoms with Crippen LogP contribution in [0.4, 0.5) is 17.1 Å². The van der Waals surface area contributed by atoms with E-state index in [0.717, 1.165) is 31.4 Å². The van der Waals surface area contributed by atoms with Crippen molar-refractivity contribution in [1.29, 1.82) is 0 Å². The zero-order chi connectivity index (χ0) is 23.3. The highest BCUT2D eigenvalue weighted by Crippen LogP contribution is 2.16. The third-order valence-corrected chi connectivity index (χ3v) is 5.01. The lowest BCUT2D eigenvalue weighted by molar-refractivity contribution is -0.116. The third kappa shape index (κ3) is 8.79. The third-order valence-electron chi connectivity index (χ3n) is 5.01. The van der Waals surface area contributed by atoms with Gasteiger partial charge in [-0.15, -0.1) is 0 Å². The molecule has 0 fully saturated rings. The first-order valence-electron chi connectivity index (χ1n) is 11.3. The number of rotatable bonds is 12. The van der Waals surface area contributed by atoms with E-state index in [2.05, 4.69) is 28.2 Å². The predicted molar refractivity (Wildman–Crippen MR) is 130 cm³/mol. The van der Waals surface area contributed by atoms with Crippen LogP contribution in [-0.4, -0.2) is 30.3 Å². The van der Waals surface area contributed by atoms with E-state index in [1.807, 2.05) is 32.0 Å². The van der Waals surface area contributed by atoms with E-state index in [9.17, 15) is 14.4 Å². The van der Waals surface area contributed by atoms with Gasteiger partial charge in [-0.25, -0.2) is 0 Å². The van der Waals surface area contributed by atoms with Crippen LogP contribution in [0.25, 0.3) is 0 Å². The Balaban J connectivity index is 1.86. The molecule has 0 aliphatic heterocycles. The number of carbonyl (C=O) groups is 3. The molecule has 32 heavy (non-hydrogen) atoms. The van der Waals surface area contributed by atoms with Crippen molar-refractivity contribution in [3.05, 3.63) is 54.1 Å². The van der Waals surface area contributed by atoms with Gasteiger partial charge < -0.3 is 21.3 Å². The summed E-state index contributed by atoms with van der Waals surface area (Å²) in [5.74, 6) is -0.411. The minimum absolute atomic E-state index is 0.00871. The summed E-state index contributed by atoms with van der Waals surface area (Å²) in [5, 5.41) is 11.7. The van der Waals surface area contributed by atoms with Gasteiger partial charge in [0, 0.05) is 35.1 Å². The van der Waals surface area contributed by atoms with Crippen LogP contribution < -0.4 is 21.3 Å². The maximum Gasteiger partial charge on any atom is 0.251 e. The summed E-state index contributed by atoms with van der Waals surface area (Å²) >= 11 is 0. The van der Waals surface area contributed by atoms with E-state index in [4.69, 9.17) is 0 Å². The lowest BCUT2D eigenvalue weighted by Gasteiger charge is -2.13. The molecule has 172 valence electrons. The Labute approximate surface area is 190 Å². The highest BCUT2D eigenvalue weighted by atomic mass is 16.2. The standard InChI is InChI=1S/C25H34N4O3/c1-4-6-7-14-23(30)28-22-13-9-11-20(16-22)26-17-24(31)29-21-12-8-10-19(15-21)25(32)27-18(3)5-2/h8-13,15-16,18,26H,4-7,14,17H2,1-3H3,(H,27,32)(H,28,30)(H,29,31). The summed E-state index contributed by atoms with van der Waals surface area (Å²) in [5.41, 5.74) is 2.48. The lowest BCUT2D eigenvalue weighted by Crippen LogP contribution is -2.32. The smallest absolute Gasteiger partial charge is 0.251 e. The molecule has 2 rings (SSSR count). The number of amides is 3. The van der Waals surface area contributed by atoms with Crippen LogP contribution in [0.2, 0.25) is 0 Å². The van der Waals surface area contributed by atoms with E-state index in [1.165, 1.54) is 0 Å². The summed E-state index contributed by atoms with van der Waals surface area (Å²) in [4.78, 5) is 36.6. The first-order valence-corrected chi connectivity index (χ1v) is 11.3. The molecule has 0 saturated heterocycles. The fraction of sp³-hybridized carbons (Fsp3) is 0.400. The lowest BCUT2D eigenvalue weighted by atomic mass is 10.1. The molecule has 7 nitrogen and oxygen atoms in total. The van der Waals surface area contributed by atoms with E-state index in [1.54, 1.807) is 30.3 Å². The quantitative estimate of drug-likeness (QED) is 0.358. The van der Waals surface area contributed by atoms with Crippen LogP contribution in [0.15, 0.2) is 48.5 Å². The van der Waals surface area contributed by atoms with Gasteiger partial charge in [-0.1, -0.05) is 38.8 Å². The van der Waals surface area contributed by atoms with Crippen LogP contribution in [0.3, 0.4) is 0 Å². The van der Waals surface area contributed by atoms with Crippen molar-refractivity contribution in [3.63, 3.8) is 0 Å². The highest BCUT2D eigenvalue weighted by molar-refractivity contribution is 5.98.